The smallest absolute Gasteiger partial charge is 0.311 e. The van der Waals surface area contributed by atoms with Crippen LogP contribution in [0.1, 0.15) is 78.6 Å². The number of fused-ring (bicyclic) bond motifs is 3. The van der Waals surface area contributed by atoms with E-state index in [1.54, 1.807) is 0 Å². The van der Waals surface area contributed by atoms with Crippen molar-refractivity contribution >= 4 is 5.97 Å². The third-order valence-corrected chi connectivity index (χ3v) is 9.93. The molecule has 26 heavy (non-hydrogen) atoms. The molecule has 0 unspecified atom stereocenters. The first kappa shape index (κ1) is 18.7. The fourth-order valence-electron chi connectivity index (χ4n) is 8.72. The second-order valence-electron chi connectivity index (χ2n) is 11.0. The Bertz CT molecular complexity index is 621. The van der Waals surface area contributed by atoms with E-state index in [4.69, 9.17) is 10.5 Å². The summed E-state index contributed by atoms with van der Waals surface area (Å²) < 4.78 is 5.25. The van der Waals surface area contributed by atoms with Crippen LogP contribution >= 0.6 is 0 Å². The molecule has 4 aliphatic rings. The van der Waals surface area contributed by atoms with E-state index >= 15 is 0 Å². The molecule has 4 rings (SSSR count). The van der Waals surface area contributed by atoms with Gasteiger partial charge in [-0.05, 0) is 86.4 Å². The number of carbonyl (C=O) groups is 1. The number of ether oxygens (including phenoxy) is 1. The van der Waals surface area contributed by atoms with Gasteiger partial charge in [0.1, 0.15) is 0 Å². The highest BCUT2D eigenvalue weighted by Gasteiger charge is 2.71. The summed E-state index contributed by atoms with van der Waals surface area (Å²) in [6.45, 7) is 7.24. The van der Waals surface area contributed by atoms with Crippen molar-refractivity contribution < 1.29 is 14.6 Å². The summed E-state index contributed by atoms with van der Waals surface area (Å²) >= 11 is 0. The third-order valence-electron chi connectivity index (χ3n) is 9.93. The number of hydrogen-bond donors (Lipinski definition) is 2. The number of aliphatic hydroxyl groups is 1. The molecular formula is C22H37NO3. The number of rotatable bonds is 2. The Labute approximate surface area is 158 Å². The van der Waals surface area contributed by atoms with Crippen molar-refractivity contribution in [2.24, 2.45) is 39.2 Å². The average molecular weight is 364 g/mol. The van der Waals surface area contributed by atoms with Crippen LogP contribution < -0.4 is 5.73 Å². The maximum absolute atomic E-state index is 12.7. The Balaban J connectivity index is 1.74. The highest BCUT2D eigenvalue weighted by atomic mass is 16.5. The quantitative estimate of drug-likeness (QED) is 0.735. The first-order valence-electron chi connectivity index (χ1n) is 10.6. The predicted octanol–water partition coefficient (Wildman–Crippen LogP) is 3.65. The minimum atomic E-state index is -0.717. The molecule has 1 spiro atoms. The molecule has 148 valence electrons. The van der Waals surface area contributed by atoms with Crippen molar-refractivity contribution in [1.29, 1.82) is 0 Å². The second-order valence-corrected chi connectivity index (χ2v) is 11.0. The Morgan fingerprint density at radius 3 is 2.42 bits per heavy atom. The van der Waals surface area contributed by atoms with Crippen molar-refractivity contribution in [2.45, 2.75) is 84.2 Å². The zero-order valence-electron chi connectivity index (χ0n) is 17.1. The first-order valence-corrected chi connectivity index (χ1v) is 10.6. The Hall–Kier alpha value is -0.610. The fourth-order valence-corrected chi connectivity index (χ4v) is 8.72. The van der Waals surface area contributed by atoms with Gasteiger partial charge in [-0.1, -0.05) is 20.3 Å². The van der Waals surface area contributed by atoms with Gasteiger partial charge in [-0.2, -0.15) is 0 Å². The summed E-state index contributed by atoms with van der Waals surface area (Å²) in [6.07, 6.45) is 9.65. The molecule has 0 radical (unpaired) electrons. The number of carbonyl (C=O) groups excluding carboxylic acids is 1. The van der Waals surface area contributed by atoms with Crippen LogP contribution in [0.15, 0.2) is 0 Å². The molecule has 7 atom stereocenters. The fraction of sp³-hybridized carbons (Fsp3) is 0.955. The molecule has 0 aromatic carbocycles. The maximum Gasteiger partial charge on any atom is 0.311 e. The van der Waals surface area contributed by atoms with Gasteiger partial charge < -0.3 is 15.6 Å². The molecule has 0 saturated heterocycles. The van der Waals surface area contributed by atoms with Crippen molar-refractivity contribution in [3.05, 3.63) is 0 Å². The van der Waals surface area contributed by atoms with E-state index in [2.05, 4.69) is 20.8 Å². The molecule has 0 heterocycles. The van der Waals surface area contributed by atoms with Crippen LogP contribution in [0.5, 0.6) is 0 Å². The minimum Gasteiger partial charge on any atom is -0.469 e. The van der Waals surface area contributed by atoms with Crippen LogP contribution in [-0.2, 0) is 9.53 Å². The molecule has 3 N–H and O–H groups in total. The summed E-state index contributed by atoms with van der Waals surface area (Å²) in [5.41, 5.74) is 5.35. The number of methoxy groups -OCH3 is 1. The van der Waals surface area contributed by atoms with Crippen molar-refractivity contribution in [2.75, 3.05) is 13.7 Å². The van der Waals surface area contributed by atoms with Gasteiger partial charge in [0.2, 0.25) is 0 Å². The highest BCUT2D eigenvalue weighted by Crippen LogP contribution is 2.75. The first-order chi connectivity index (χ1) is 12.1. The molecule has 0 amide bonds. The Kier molecular flexibility index (Phi) is 3.94. The van der Waals surface area contributed by atoms with Crippen LogP contribution in [0.3, 0.4) is 0 Å². The van der Waals surface area contributed by atoms with Crippen molar-refractivity contribution in [1.82, 2.24) is 0 Å². The molecular weight excluding hydrogens is 326 g/mol. The van der Waals surface area contributed by atoms with Gasteiger partial charge in [0, 0.05) is 6.54 Å². The minimum absolute atomic E-state index is 0.0186. The van der Waals surface area contributed by atoms with Gasteiger partial charge in [0.05, 0.1) is 18.1 Å². The van der Waals surface area contributed by atoms with Gasteiger partial charge in [-0.15, -0.1) is 0 Å². The normalized spacial score (nSPS) is 55.8. The summed E-state index contributed by atoms with van der Waals surface area (Å²) in [5, 5.41) is 11.4. The molecule has 0 aliphatic heterocycles. The summed E-state index contributed by atoms with van der Waals surface area (Å²) in [5.74, 6) is 0.962. The predicted molar refractivity (Wildman–Crippen MR) is 101 cm³/mol. The molecule has 0 aromatic rings. The van der Waals surface area contributed by atoms with Crippen LogP contribution in [0.4, 0.5) is 0 Å². The van der Waals surface area contributed by atoms with E-state index in [0.29, 0.717) is 18.4 Å². The monoisotopic (exact) mass is 363 g/mol. The SMILES string of the molecule is COC(=O)[C@]1(C)CCC[C@@]2(C)[C@@H]3CC[C@@]4(C)C[C@]3(CC[C@@H]21)C[C@]4(O)CN. The second kappa shape index (κ2) is 5.47. The molecule has 4 saturated carbocycles. The largest absolute Gasteiger partial charge is 0.469 e. The van der Waals surface area contributed by atoms with Crippen LogP contribution in [-0.4, -0.2) is 30.3 Å². The maximum atomic E-state index is 12.7. The Morgan fingerprint density at radius 2 is 1.77 bits per heavy atom. The Morgan fingerprint density at radius 1 is 1.08 bits per heavy atom. The highest BCUT2D eigenvalue weighted by molar-refractivity contribution is 5.77. The summed E-state index contributed by atoms with van der Waals surface area (Å²) in [6, 6.07) is 0. The lowest BCUT2D eigenvalue weighted by atomic mass is 9.40. The molecule has 4 fully saturated rings. The van der Waals surface area contributed by atoms with Gasteiger partial charge in [0.25, 0.3) is 0 Å². The van der Waals surface area contributed by atoms with Crippen molar-refractivity contribution in [3.8, 4) is 0 Å². The standard InChI is InChI=1S/C22H37NO3/c1-18-10-6-16-19(2)8-5-9-20(3,17(24)26-4)15(19)7-11-21(16,12-18)13-22(18,25)14-23/h15-16,25H,5-14,23H2,1-4H3/t15-,16-,18-,19+,20+,21+,22-/m0/s1. The summed E-state index contributed by atoms with van der Waals surface area (Å²) in [4.78, 5) is 12.7. The van der Waals surface area contributed by atoms with Crippen LogP contribution in [0.25, 0.3) is 0 Å². The van der Waals surface area contributed by atoms with Gasteiger partial charge >= 0.3 is 5.97 Å². The summed E-state index contributed by atoms with van der Waals surface area (Å²) in [7, 11) is 1.54. The number of nitrogens with two attached hydrogens (primary N) is 1. The average Bonchev–Trinajstić information content (AvgIpc) is 2.75. The van der Waals surface area contributed by atoms with E-state index in [-0.39, 0.29) is 27.6 Å². The lowest BCUT2D eigenvalue weighted by molar-refractivity contribution is -0.185. The van der Waals surface area contributed by atoms with E-state index < -0.39 is 5.60 Å². The molecule has 4 nitrogen and oxygen atoms in total. The molecule has 2 bridgehead atoms. The van der Waals surface area contributed by atoms with Crippen molar-refractivity contribution in [3.63, 3.8) is 0 Å². The van der Waals surface area contributed by atoms with Gasteiger partial charge in [-0.25, -0.2) is 0 Å². The zero-order valence-corrected chi connectivity index (χ0v) is 17.1. The van der Waals surface area contributed by atoms with Crippen LogP contribution in [0.2, 0.25) is 0 Å². The van der Waals surface area contributed by atoms with E-state index in [0.717, 1.165) is 44.9 Å². The van der Waals surface area contributed by atoms with E-state index in [9.17, 15) is 9.90 Å². The van der Waals surface area contributed by atoms with E-state index in [1.807, 2.05) is 0 Å². The van der Waals surface area contributed by atoms with E-state index in [1.165, 1.54) is 20.0 Å². The topological polar surface area (TPSA) is 72.5 Å². The van der Waals surface area contributed by atoms with Gasteiger partial charge in [-0.3, -0.25) is 4.79 Å². The lowest BCUT2D eigenvalue weighted by Crippen LogP contribution is -2.58. The van der Waals surface area contributed by atoms with Gasteiger partial charge in [0.15, 0.2) is 0 Å². The lowest BCUT2D eigenvalue weighted by Gasteiger charge is -2.64. The number of esters is 1. The molecule has 4 heteroatoms. The third kappa shape index (κ3) is 2.06. The van der Waals surface area contributed by atoms with Crippen LogP contribution in [0, 0.1) is 33.5 Å². The molecule has 4 aliphatic carbocycles. The number of hydrogen-bond acceptors (Lipinski definition) is 4. The zero-order chi connectivity index (χ0) is 19.0. The molecule has 0 aromatic heterocycles.